The van der Waals surface area contributed by atoms with E-state index in [9.17, 15) is 9.59 Å². The van der Waals surface area contributed by atoms with Crippen molar-refractivity contribution < 1.29 is 29.0 Å². The predicted octanol–water partition coefficient (Wildman–Crippen LogP) is 6.37. The van der Waals surface area contributed by atoms with Gasteiger partial charge in [0, 0.05) is 41.9 Å². The monoisotopic (exact) mass is 673 g/mol. The summed E-state index contributed by atoms with van der Waals surface area (Å²) in [4.78, 5) is 36.4. The third kappa shape index (κ3) is 10.7. The number of carbonyl (C=O) groups is 3. The quantitative estimate of drug-likeness (QED) is 0.0617. The summed E-state index contributed by atoms with van der Waals surface area (Å²) in [6.45, 7) is 1.65. The molecule has 0 aliphatic carbocycles. The van der Waals surface area contributed by atoms with Gasteiger partial charge in [-0.3, -0.25) is 19.8 Å². The molecule has 7 N–H and O–H groups in total. The lowest BCUT2D eigenvalue weighted by Crippen LogP contribution is -2.34. The fourth-order valence-electron chi connectivity index (χ4n) is 4.80. The van der Waals surface area contributed by atoms with E-state index in [0.29, 0.717) is 46.1 Å². The van der Waals surface area contributed by atoms with Crippen molar-refractivity contribution in [1.29, 1.82) is 5.41 Å². The maximum Gasteiger partial charge on any atom is 0.300 e. The van der Waals surface area contributed by atoms with Crippen LogP contribution >= 0.6 is 0 Å². The lowest BCUT2D eigenvalue weighted by Gasteiger charge is -2.25. The number of carboxylic acid groups (broad SMARTS) is 1. The number of benzene rings is 5. The number of amides is 2. The zero-order valence-corrected chi connectivity index (χ0v) is 27.7. The van der Waals surface area contributed by atoms with Gasteiger partial charge in [-0.1, -0.05) is 78.9 Å². The fraction of sp³-hybridized carbons (Fsp3) is 0.128. The molecule has 0 saturated carbocycles. The van der Waals surface area contributed by atoms with Crippen molar-refractivity contribution >= 4 is 35.0 Å². The van der Waals surface area contributed by atoms with Crippen LogP contribution in [0.25, 0.3) is 0 Å². The van der Waals surface area contributed by atoms with Crippen LogP contribution in [0.15, 0.2) is 127 Å². The Bertz CT molecular complexity index is 1880. The van der Waals surface area contributed by atoms with Crippen LogP contribution < -0.4 is 31.2 Å². The van der Waals surface area contributed by atoms with Crippen molar-refractivity contribution in [3.05, 3.63) is 155 Å². The second-order valence-electron chi connectivity index (χ2n) is 11.0. The topological polar surface area (TPSA) is 176 Å². The first-order valence-corrected chi connectivity index (χ1v) is 15.6. The average Bonchev–Trinajstić information content (AvgIpc) is 3.13. The molecule has 5 aromatic rings. The van der Waals surface area contributed by atoms with E-state index in [1.165, 1.54) is 7.11 Å². The summed E-state index contributed by atoms with van der Waals surface area (Å²) in [5, 5.41) is 24.5. The van der Waals surface area contributed by atoms with Crippen LogP contribution in [0.3, 0.4) is 0 Å². The maximum absolute atomic E-state index is 14.0. The zero-order valence-electron chi connectivity index (χ0n) is 27.7. The number of rotatable bonds is 13. The van der Waals surface area contributed by atoms with Gasteiger partial charge in [0.15, 0.2) is 11.5 Å². The summed E-state index contributed by atoms with van der Waals surface area (Å²) in [5.74, 6) is -0.804. The summed E-state index contributed by atoms with van der Waals surface area (Å²) in [5.41, 5.74) is 9.97. The fourth-order valence-corrected chi connectivity index (χ4v) is 4.80. The van der Waals surface area contributed by atoms with Gasteiger partial charge in [-0.2, -0.15) is 0 Å². The summed E-state index contributed by atoms with van der Waals surface area (Å²) >= 11 is 0. The second-order valence-corrected chi connectivity index (χ2v) is 11.0. The zero-order chi connectivity index (χ0) is 35.9. The number of nitrogens with two attached hydrogens (primary N) is 1. The molecular formula is C39H39N5O6. The number of carboxylic acids is 1. The number of nitrogens with one attached hydrogen (secondary N) is 4. The molecule has 0 fully saturated rings. The van der Waals surface area contributed by atoms with Gasteiger partial charge in [0.2, 0.25) is 5.91 Å². The minimum absolute atomic E-state index is 0.0644. The van der Waals surface area contributed by atoms with Crippen LogP contribution in [-0.2, 0) is 22.7 Å². The number of amidine groups is 1. The van der Waals surface area contributed by atoms with E-state index in [4.69, 9.17) is 30.5 Å². The molecule has 50 heavy (non-hydrogen) atoms. The number of hydrogen-bond acceptors (Lipinski definition) is 7. The lowest BCUT2D eigenvalue weighted by atomic mass is 10.0. The van der Waals surface area contributed by atoms with Gasteiger partial charge in [-0.15, -0.1) is 0 Å². The van der Waals surface area contributed by atoms with E-state index >= 15 is 0 Å². The highest BCUT2D eigenvalue weighted by molar-refractivity contribution is 6.05. The molecular weight excluding hydrogens is 634 g/mol. The van der Waals surface area contributed by atoms with Crippen molar-refractivity contribution in [3.8, 4) is 11.5 Å². The molecule has 0 aromatic heterocycles. The van der Waals surface area contributed by atoms with Crippen molar-refractivity contribution in [2.45, 2.75) is 26.1 Å². The molecule has 5 rings (SSSR count). The Balaban J connectivity index is 0.00000133. The Morgan fingerprint density at radius 2 is 1.34 bits per heavy atom. The van der Waals surface area contributed by atoms with E-state index in [1.807, 2.05) is 66.7 Å². The van der Waals surface area contributed by atoms with Crippen LogP contribution in [0.2, 0.25) is 0 Å². The first kappa shape index (κ1) is 36.2. The molecule has 0 spiro atoms. The van der Waals surface area contributed by atoms with Crippen molar-refractivity contribution in [2.24, 2.45) is 5.73 Å². The van der Waals surface area contributed by atoms with E-state index in [2.05, 4.69) is 16.0 Å². The van der Waals surface area contributed by atoms with E-state index in [0.717, 1.165) is 18.1 Å². The molecule has 0 radical (unpaired) electrons. The molecule has 0 aliphatic rings. The van der Waals surface area contributed by atoms with Crippen LogP contribution in [0, 0.1) is 5.41 Å². The Labute approximate surface area is 290 Å². The number of aliphatic carboxylic acids is 1. The van der Waals surface area contributed by atoms with E-state index in [1.54, 1.807) is 60.7 Å². The highest BCUT2D eigenvalue weighted by atomic mass is 16.5. The largest absolute Gasteiger partial charge is 0.493 e. The second kappa shape index (κ2) is 18.1. The van der Waals surface area contributed by atoms with Crippen molar-refractivity contribution in [3.63, 3.8) is 0 Å². The first-order chi connectivity index (χ1) is 24.1. The highest BCUT2D eigenvalue weighted by Gasteiger charge is 2.27. The van der Waals surface area contributed by atoms with Gasteiger partial charge >= 0.3 is 0 Å². The summed E-state index contributed by atoms with van der Waals surface area (Å²) in [7, 11) is 1.52. The molecule has 2 amide bonds. The van der Waals surface area contributed by atoms with Crippen molar-refractivity contribution in [1.82, 2.24) is 5.32 Å². The number of methoxy groups -OCH3 is 1. The van der Waals surface area contributed by atoms with Crippen LogP contribution in [0.4, 0.5) is 11.4 Å². The smallest absolute Gasteiger partial charge is 0.300 e. The predicted molar refractivity (Wildman–Crippen MR) is 194 cm³/mol. The summed E-state index contributed by atoms with van der Waals surface area (Å²) in [6, 6.07) is 37.4. The minimum Gasteiger partial charge on any atom is -0.493 e. The third-order valence-corrected chi connectivity index (χ3v) is 7.25. The maximum atomic E-state index is 14.0. The SMILES string of the molecule is CC(=O)O.COc1cc(C(Nc2ccc(C(=N)N)cc2)C(=O)NCc2ccccc2)c(NC(=O)c2ccccc2)cc1OCc1ccccc1. The van der Waals surface area contributed by atoms with Crippen LogP contribution in [0.5, 0.6) is 11.5 Å². The molecule has 256 valence electrons. The molecule has 5 aromatic carbocycles. The number of nitrogen functional groups attached to an aromatic ring is 1. The lowest BCUT2D eigenvalue weighted by molar-refractivity contribution is -0.134. The number of hydrogen-bond donors (Lipinski definition) is 6. The van der Waals surface area contributed by atoms with Crippen molar-refractivity contribution in [2.75, 3.05) is 17.7 Å². The van der Waals surface area contributed by atoms with Gasteiger partial charge in [0.1, 0.15) is 18.5 Å². The number of anilines is 2. The number of ether oxygens (including phenoxy) is 2. The molecule has 11 heteroatoms. The normalized spacial score (nSPS) is 10.8. The Morgan fingerprint density at radius 3 is 1.90 bits per heavy atom. The Kier molecular flexibility index (Phi) is 13.1. The van der Waals surface area contributed by atoms with Gasteiger partial charge in [-0.25, -0.2) is 0 Å². The van der Waals surface area contributed by atoms with E-state index < -0.39 is 12.0 Å². The third-order valence-electron chi connectivity index (χ3n) is 7.25. The van der Waals surface area contributed by atoms with Gasteiger partial charge in [0.25, 0.3) is 11.9 Å². The molecule has 1 unspecified atom stereocenters. The molecule has 0 bridgehead atoms. The molecule has 1 atom stereocenters. The Hall–Kier alpha value is -6.62. The Morgan fingerprint density at radius 1 is 0.780 bits per heavy atom. The molecule has 11 nitrogen and oxygen atoms in total. The summed E-state index contributed by atoms with van der Waals surface area (Å²) < 4.78 is 11.9. The first-order valence-electron chi connectivity index (χ1n) is 15.6. The molecule has 0 heterocycles. The number of carbonyl (C=O) groups excluding carboxylic acids is 2. The standard InChI is InChI=1S/C37H35N5O4.C2H4O2/c1-45-32-21-30(31(42-36(43)28-15-9-4-10-16-28)22-33(32)46-24-26-13-7-3-8-14-26)34(37(44)40-23-25-11-5-2-6-12-25)41-29-19-17-27(18-20-29)35(38)39;1-2(3)4/h2-22,34,41H,23-24H2,1H3,(H3,38,39)(H,40,44)(H,42,43);1H3,(H,3,4). The molecule has 0 aliphatic heterocycles. The minimum atomic E-state index is -0.977. The van der Waals surface area contributed by atoms with E-state index in [-0.39, 0.29) is 24.3 Å². The van der Waals surface area contributed by atoms with Gasteiger partial charge < -0.3 is 36.3 Å². The highest BCUT2D eigenvalue weighted by Crippen LogP contribution is 2.38. The van der Waals surface area contributed by atoms with Gasteiger partial charge in [-0.05, 0) is 53.6 Å². The summed E-state index contributed by atoms with van der Waals surface area (Å²) in [6.07, 6.45) is 0. The van der Waals surface area contributed by atoms with Crippen LogP contribution in [0.1, 0.15) is 45.6 Å². The average molecular weight is 674 g/mol. The van der Waals surface area contributed by atoms with Crippen LogP contribution in [-0.4, -0.2) is 35.8 Å². The van der Waals surface area contributed by atoms with Gasteiger partial charge in [0.05, 0.1) is 12.8 Å². The molecule has 0 saturated heterocycles.